The molecule has 0 saturated carbocycles. The van der Waals surface area contributed by atoms with Gasteiger partial charge >= 0.3 is 0 Å². The molecular formula is C23H20N2O2S. The number of para-hydroxylation sites is 3. The summed E-state index contributed by atoms with van der Waals surface area (Å²) in [7, 11) is 0. The molecule has 0 aliphatic rings. The van der Waals surface area contributed by atoms with Crippen molar-refractivity contribution in [3.05, 3.63) is 94.8 Å². The molecular weight excluding hydrogens is 368 g/mol. The number of hydrogen-bond acceptors (Lipinski definition) is 4. The zero-order chi connectivity index (χ0) is 19.3. The lowest BCUT2D eigenvalue weighted by Gasteiger charge is -2.16. The lowest BCUT2D eigenvalue weighted by Crippen LogP contribution is -2.22. The van der Waals surface area contributed by atoms with Gasteiger partial charge in [-0.15, -0.1) is 0 Å². The van der Waals surface area contributed by atoms with E-state index in [-0.39, 0.29) is 5.56 Å². The summed E-state index contributed by atoms with van der Waals surface area (Å²) >= 11 is 1.55. The van der Waals surface area contributed by atoms with Gasteiger partial charge in [0.05, 0.1) is 23.2 Å². The average molecular weight is 388 g/mol. The van der Waals surface area contributed by atoms with Crippen molar-refractivity contribution in [2.45, 2.75) is 17.8 Å². The Bertz CT molecular complexity index is 1160. The van der Waals surface area contributed by atoms with E-state index >= 15 is 0 Å². The second kappa shape index (κ2) is 8.31. The highest BCUT2D eigenvalue weighted by molar-refractivity contribution is 7.98. The lowest BCUT2D eigenvalue weighted by molar-refractivity contribution is 0.338. The van der Waals surface area contributed by atoms with E-state index in [1.54, 1.807) is 16.3 Å². The van der Waals surface area contributed by atoms with Crippen LogP contribution in [0.3, 0.4) is 0 Å². The SMILES string of the molecule is CCOc1ccccc1-n1c(SCc2ccccc2)nc2ccccc2c1=O. The quantitative estimate of drug-likeness (QED) is 0.341. The predicted octanol–water partition coefficient (Wildman–Crippen LogP) is 5.08. The highest BCUT2D eigenvalue weighted by Crippen LogP contribution is 2.28. The van der Waals surface area contributed by atoms with Gasteiger partial charge in [-0.25, -0.2) is 4.98 Å². The zero-order valence-electron chi connectivity index (χ0n) is 15.5. The number of aromatic nitrogens is 2. The van der Waals surface area contributed by atoms with Gasteiger partial charge in [-0.3, -0.25) is 9.36 Å². The normalized spacial score (nSPS) is 10.9. The van der Waals surface area contributed by atoms with Crippen molar-refractivity contribution in [2.75, 3.05) is 6.61 Å². The number of fused-ring (bicyclic) bond motifs is 1. The van der Waals surface area contributed by atoms with Crippen LogP contribution in [-0.2, 0) is 5.75 Å². The van der Waals surface area contributed by atoms with Crippen molar-refractivity contribution in [3.8, 4) is 11.4 Å². The molecule has 0 unspecified atom stereocenters. The first-order valence-corrected chi connectivity index (χ1v) is 10.2. The van der Waals surface area contributed by atoms with Crippen LogP contribution in [0.4, 0.5) is 0 Å². The Balaban J connectivity index is 1.88. The van der Waals surface area contributed by atoms with E-state index in [1.807, 2.05) is 73.7 Å². The van der Waals surface area contributed by atoms with Gasteiger partial charge in [0.15, 0.2) is 5.16 Å². The molecule has 0 bridgehead atoms. The van der Waals surface area contributed by atoms with Gasteiger partial charge in [0.1, 0.15) is 5.75 Å². The molecule has 4 rings (SSSR count). The number of benzene rings is 3. The van der Waals surface area contributed by atoms with Crippen LogP contribution in [0.15, 0.2) is 88.8 Å². The maximum atomic E-state index is 13.4. The summed E-state index contributed by atoms with van der Waals surface area (Å²) in [6.45, 7) is 2.46. The molecule has 0 aliphatic carbocycles. The summed E-state index contributed by atoms with van der Waals surface area (Å²) in [5.74, 6) is 1.40. The van der Waals surface area contributed by atoms with E-state index in [2.05, 4.69) is 12.1 Å². The van der Waals surface area contributed by atoms with E-state index in [1.165, 1.54) is 5.56 Å². The molecule has 1 heterocycles. The molecule has 5 heteroatoms. The standard InChI is InChI=1S/C23H20N2O2S/c1-2-27-21-15-9-8-14-20(21)25-22(26)18-12-6-7-13-19(18)24-23(25)28-16-17-10-4-3-5-11-17/h3-15H,2,16H2,1H3. The summed E-state index contributed by atoms with van der Waals surface area (Å²) < 4.78 is 7.45. The summed E-state index contributed by atoms with van der Waals surface area (Å²) in [5, 5.41) is 1.25. The van der Waals surface area contributed by atoms with Crippen LogP contribution in [0.5, 0.6) is 5.75 Å². The summed E-state index contributed by atoms with van der Waals surface area (Å²) in [5.41, 5.74) is 2.50. The number of ether oxygens (including phenoxy) is 1. The van der Waals surface area contributed by atoms with Gasteiger partial charge in [0, 0.05) is 5.75 Å². The molecule has 0 fully saturated rings. The molecule has 0 aliphatic heterocycles. The number of nitrogens with zero attached hydrogens (tertiary/aromatic N) is 2. The molecule has 0 amide bonds. The van der Waals surface area contributed by atoms with Gasteiger partial charge in [0.2, 0.25) is 0 Å². The van der Waals surface area contributed by atoms with Crippen molar-refractivity contribution in [1.29, 1.82) is 0 Å². The molecule has 0 radical (unpaired) electrons. The third-order valence-corrected chi connectivity index (χ3v) is 5.37. The monoisotopic (exact) mass is 388 g/mol. The molecule has 4 aromatic rings. The molecule has 0 N–H and O–H groups in total. The topological polar surface area (TPSA) is 44.1 Å². The van der Waals surface area contributed by atoms with Gasteiger partial charge in [0.25, 0.3) is 5.56 Å². The Labute approximate surface area is 167 Å². The van der Waals surface area contributed by atoms with E-state index in [0.29, 0.717) is 34.1 Å². The summed E-state index contributed by atoms with van der Waals surface area (Å²) in [4.78, 5) is 18.2. The fourth-order valence-electron chi connectivity index (χ4n) is 3.06. The van der Waals surface area contributed by atoms with E-state index in [4.69, 9.17) is 9.72 Å². The van der Waals surface area contributed by atoms with Gasteiger partial charge in [-0.2, -0.15) is 0 Å². The first-order chi connectivity index (χ1) is 13.8. The highest BCUT2D eigenvalue weighted by atomic mass is 32.2. The minimum absolute atomic E-state index is 0.0895. The van der Waals surface area contributed by atoms with Gasteiger partial charge in [-0.05, 0) is 36.8 Å². The van der Waals surface area contributed by atoms with Crippen LogP contribution >= 0.6 is 11.8 Å². The predicted molar refractivity (Wildman–Crippen MR) is 115 cm³/mol. The molecule has 4 nitrogen and oxygen atoms in total. The largest absolute Gasteiger partial charge is 0.492 e. The molecule has 3 aromatic carbocycles. The highest BCUT2D eigenvalue weighted by Gasteiger charge is 2.16. The lowest BCUT2D eigenvalue weighted by atomic mass is 10.2. The molecule has 28 heavy (non-hydrogen) atoms. The summed E-state index contributed by atoms with van der Waals surface area (Å²) in [6, 6.07) is 25.2. The molecule has 0 atom stereocenters. The van der Waals surface area contributed by atoms with E-state index in [0.717, 1.165) is 5.75 Å². The van der Waals surface area contributed by atoms with Crippen LogP contribution < -0.4 is 10.3 Å². The Morgan fingerprint density at radius 3 is 2.46 bits per heavy atom. The van der Waals surface area contributed by atoms with E-state index < -0.39 is 0 Å². The molecule has 140 valence electrons. The third-order valence-electron chi connectivity index (χ3n) is 4.36. The maximum absolute atomic E-state index is 13.4. The first-order valence-electron chi connectivity index (χ1n) is 9.18. The second-order valence-electron chi connectivity index (χ2n) is 6.23. The Morgan fingerprint density at radius 2 is 1.64 bits per heavy atom. The number of thioether (sulfide) groups is 1. The van der Waals surface area contributed by atoms with Crippen molar-refractivity contribution in [3.63, 3.8) is 0 Å². The van der Waals surface area contributed by atoms with Crippen LogP contribution in [0.1, 0.15) is 12.5 Å². The smallest absolute Gasteiger partial charge is 0.266 e. The van der Waals surface area contributed by atoms with Crippen LogP contribution in [0, 0.1) is 0 Å². The second-order valence-corrected chi connectivity index (χ2v) is 7.17. The zero-order valence-corrected chi connectivity index (χ0v) is 16.4. The van der Waals surface area contributed by atoms with Crippen molar-refractivity contribution < 1.29 is 4.74 Å². The van der Waals surface area contributed by atoms with Crippen molar-refractivity contribution >= 4 is 22.7 Å². The van der Waals surface area contributed by atoms with Gasteiger partial charge in [-0.1, -0.05) is 66.4 Å². The third kappa shape index (κ3) is 3.66. The maximum Gasteiger partial charge on any atom is 0.266 e. The van der Waals surface area contributed by atoms with Gasteiger partial charge < -0.3 is 4.74 Å². The Hall–Kier alpha value is -3.05. The minimum atomic E-state index is -0.0895. The van der Waals surface area contributed by atoms with E-state index in [9.17, 15) is 4.79 Å². The Kier molecular flexibility index (Phi) is 5.44. The molecule has 0 spiro atoms. The van der Waals surface area contributed by atoms with Crippen LogP contribution in [0.2, 0.25) is 0 Å². The van der Waals surface area contributed by atoms with Crippen LogP contribution in [0.25, 0.3) is 16.6 Å². The minimum Gasteiger partial charge on any atom is -0.492 e. The fourth-order valence-corrected chi connectivity index (χ4v) is 4.02. The number of hydrogen-bond donors (Lipinski definition) is 0. The summed E-state index contributed by atoms with van der Waals surface area (Å²) in [6.07, 6.45) is 0. The average Bonchev–Trinajstić information content (AvgIpc) is 2.74. The Morgan fingerprint density at radius 1 is 0.929 bits per heavy atom. The first kappa shape index (κ1) is 18.3. The number of rotatable bonds is 6. The fraction of sp³-hybridized carbons (Fsp3) is 0.130. The molecule has 1 aromatic heterocycles. The molecule has 0 saturated heterocycles. The van der Waals surface area contributed by atoms with Crippen molar-refractivity contribution in [1.82, 2.24) is 9.55 Å². The van der Waals surface area contributed by atoms with Crippen LogP contribution in [-0.4, -0.2) is 16.2 Å². The van der Waals surface area contributed by atoms with Crippen molar-refractivity contribution in [2.24, 2.45) is 0 Å².